The quantitative estimate of drug-likeness (QED) is 0.796. The highest BCUT2D eigenvalue weighted by Crippen LogP contribution is 2.37. The molecule has 0 spiro atoms. The fourth-order valence-corrected chi connectivity index (χ4v) is 4.58. The summed E-state index contributed by atoms with van der Waals surface area (Å²) in [6, 6.07) is 3.76. The summed E-state index contributed by atoms with van der Waals surface area (Å²) < 4.78 is 7.67. The number of hydrogen-bond acceptors (Lipinski definition) is 4. The zero-order valence-electron chi connectivity index (χ0n) is 10.4. The summed E-state index contributed by atoms with van der Waals surface area (Å²) in [6.45, 7) is 2.76. The van der Waals surface area contributed by atoms with Gasteiger partial charge in [-0.25, -0.2) is 0 Å². The Morgan fingerprint density at radius 1 is 1.37 bits per heavy atom. The Kier molecular flexibility index (Phi) is 5.38. The molecule has 0 aliphatic carbocycles. The summed E-state index contributed by atoms with van der Waals surface area (Å²) in [4.78, 5) is 4.19. The van der Waals surface area contributed by atoms with E-state index in [1.165, 1.54) is 0 Å². The van der Waals surface area contributed by atoms with Crippen LogP contribution in [-0.2, 0) is 0 Å². The Morgan fingerprint density at radius 2 is 2.16 bits per heavy atom. The number of ether oxygens (including phenoxy) is 1. The Morgan fingerprint density at radius 3 is 2.79 bits per heavy atom. The Balaban J connectivity index is 2.23. The molecule has 0 amide bonds. The highest BCUT2D eigenvalue weighted by atomic mass is 79.9. The van der Waals surface area contributed by atoms with E-state index < -0.39 is 0 Å². The monoisotopic (exact) mass is 404 g/mol. The van der Waals surface area contributed by atoms with E-state index in [0.717, 1.165) is 30.9 Å². The number of rotatable bonds is 5. The van der Waals surface area contributed by atoms with Crippen LogP contribution in [0.1, 0.15) is 30.5 Å². The smallest absolute Gasteiger partial charge is 0.137 e. The topological polar surface area (TPSA) is 48.1 Å². The van der Waals surface area contributed by atoms with Gasteiger partial charge in [0.2, 0.25) is 0 Å². The predicted octanol–water partition coefficient (Wildman–Crippen LogP) is 4.51. The number of aromatic nitrogens is 1. The molecule has 0 saturated heterocycles. The van der Waals surface area contributed by atoms with Crippen LogP contribution in [0.3, 0.4) is 0 Å². The van der Waals surface area contributed by atoms with Crippen LogP contribution in [-0.4, -0.2) is 11.6 Å². The fourth-order valence-electron chi connectivity index (χ4n) is 1.65. The van der Waals surface area contributed by atoms with E-state index in [0.29, 0.717) is 6.61 Å². The molecule has 2 heterocycles. The summed E-state index contributed by atoms with van der Waals surface area (Å²) in [7, 11) is 0. The molecule has 2 aromatic heterocycles. The Hall–Kier alpha value is -0.430. The van der Waals surface area contributed by atoms with E-state index in [-0.39, 0.29) is 6.04 Å². The zero-order chi connectivity index (χ0) is 13.8. The van der Waals surface area contributed by atoms with Gasteiger partial charge in [0.15, 0.2) is 0 Å². The van der Waals surface area contributed by atoms with Gasteiger partial charge in [0.1, 0.15) is 5.75 Å². The van der Waals surface area contributed by atoms with Gasteiger partial charge in [-0.2, -0.15) is 0 Å². The van der Waals surface area contributed by atoms with Gasteiger partial charge in [-0.3, -0.25) is 4.98 Å². The summed E-state index contributed by atoms with van der Waals surface area (Å²) in [5.41, 5.74) is 8.28. The largest absolute Gasteiger partial charge is 0.492 e. The van der Waals surface area contributed by atoms with Crippen molar-refractivity contribution in [2.75, 3.05) is 6.61 Å². The first-order valence-electron chi connectivity index (χ1n) is 5.90. The molecule has 0 aromatic carbocycles. The molecule has 2 aromatic rings. The molecule has 1 atom stereocenters. The van der Waals surface area contributed by atoms with Crippen molar-refractivity contribution < 1.29 is 4.74 Å². The van der Waals surface area contributed by atoms with Crippen LogP contribution in [0.15, 0.2) is 32.1 Å². The van der Waals surface area contributed by atoms with Crippen molar-refractivity contribution in [3.8, 4) is 5.75 Å². The van der Waals surface area contributed by atoms with Gasteiger partial charge in [0.25, 0.3) is 0 Å². The van der Waals surface area contributed by atoms with Crippen molar-refractivity contribution >= 4 is 43.2 Å². The molecule has 0 saturated carbocycles. The molecule has 2 N–H and O–H groups in total. The first-order chi connectivity index (χ1) is 9.11. The molecule has 0 fully saturated rings. The first kappa shape index (κ1) is 15.0. The first-order valence-corrected chi connectivity index (χ1v) is 8.30. The van der Waals surface area contributed by atoms with E-state index in [9.17, 15) is 0 Å². The minimum atomic E-state index is -0.213. The molecule has 3 nitrogen and oxygen atoms in total. The van der Waals surface area contributed by atoms with Crippen LogP contribution in [0.2, 0.25) is 0 Å². The van der Waals surface area contributed by atoms with Gasteiger partial charge in [-0.1, -0.05) is 6.92 Å². The third kappa shape index (κ3) is 3.78. The van der Waals surface area contributed by atoms with Crippen molar-refractivity contribution in [1.82, 2.24) is 4.98 Å². The lowest BCUT2D eigenvalue weighted by molar-refractivity contribution is 0.315. The van der Waals surface area contributed by atoms with E-state index >= 15 is 0 Å². The highest BCUT2D eigenvalue weighted by Gasteiger charge is 2.16. The van der Waals surface area contributed by atoms with Crippen LogP contribution in [0.5, 0.6) is 5.75 Å². The van der Waals surface area contributed by atoms with Crippen molar-refractivity contribution in [1.29, 1.82) is 0 Å². The lowest BCUT2D eigenvalue weighted by atomic mass is 10.0. The van der Waals surface area contributed by atoms with Gasteiger partial charge in [0, 0.05) is 6.20 Å². The molecule has 0 bridgehead atoms. The van der Waals surface area contributed by atoms with Gasteiger partial charge >= 0.3 is 0 Å². The van der Waals surface area contributed by atoms with Crippen LogP contribution in [0.4, 0.5) is 0 Å². The highest BCUT2D eigenvalue weighted by molar-refractivity contribution is 9.12. The maximum Gasteiger partial charge on any atom is 0.137 e. The SMILES string of the molecule is CCCOc1cncc(C(N)c2cc(Br)sc2Br)c1. The zero-order valence-corrected chi connectivity index (χ0v) is 14.4. The number of pyridine rings is 1. The predicted molar refractivity (Wildman–Crippen MR) is 85.8 cm³/mol. The minimum Gasteiger partial charge on any atom is -0.492 e. The fraction of sp³-hybridized carbons (Fsp3) is 0.308. The summed E-state index contributed by atoms with van der Waals surface area (Å²) in [5.74, 6) is 0.764. The van der Waals surface area contributed by atoms with Crippen LogP contribution in [0.25, 0.3) is 0 Å². The minimum absolute atomic E-state index is 0.213. The molecule has 0 aliphatic heterocycles. The number of hydrogen-bond donors (Lipinski definition) is 1. The van der Waals surface area contributed by atoms with Crippen LogP contribution in [0, 0.1) is 0 Å². The molecule has 2 rings (SSSR count). The molecular weight excluding hydrogens is 392 g/mol. The maximum absolute atomic E-state index is 6.29. The van der Waals surface area contributed by atoms with E-state index in [1.807, 2.05) is 12.1 Å². The standard InChI is InChI=1S/C13H14Br2N2OS/c1-2-3-18-9-4-8(6-17-7-9)12(16)10-5-11(14)19-13(10)15/h4-7,12H,2-3,16H2,1H3. The summed E-state index contributed by atoms with van der Waals surface area (Å²) in [6.07, 6.45) is 4.46. The number of halogens is 2. The number of thiophene rings is 1. The van der Waals surface area contributed by atoms with Gasteiger partial charge < -0.3 is 10.5 Å². The lowest BCUT2D eigenvalue weighted by Crippen LogP contribution is -2.12. The van der Waals surface area contributed by atoms with E-state index in [1.54, 1.807) is 23.7 Å². The molecule has 19 heavy (non-hydrogen) atoms. The number of nitrogens with zero attached hydrogens (tertiary/aromatic N) is 1. The van der Waals surface area contributed by atoms with Crippen molar-refractivity contribution in [2.24, 2.45) is 5.73 Å². The average molecular weight is 406 g/mol. The molecule has 0 radical (unpaired) electrons. The Labute approximate surface area is 133 Å². The second-order valence-corrected chi connectivity index (χ2v) is 7.81. The lowest BCUT2D eigenvalue weighted by Gasteiger charge is -2.12. The van der Waals surface area contributed by atoms with Gasteiger partial charge in [0.05, 0.1) is 26.4 Å². The number of nitrogens with two attached hydrogens (primary N) is 1. The van der Waals surface area contributed by atoms with Gasteiger partial charge in [-0.15, -0.1) is 11.3 Å². The van der Waals surface area contributed by atoms with E-state index in [2.05, 4.69) is 43.8 Å². The molecular formula is C13H14Br2N2OS. The summed E-state index contributed by atoms with van der Waals surface area (Å²) in [5, 5.41) is 0. The van der Waals surface area contributed by atoms with Crippen LogP contribution >= 0.6 is 43.2 Å². The molecule has 1 unspecified atom stereocenters. The van der Waals surface area contributed by atoms with Crippen LogP contribution < -0.4 is 10.5 Å². The Bertz CT molecular complexity index is 559. The van der Waals surface area contributed by atoms with Crippen molar-refractivity contribution in [2.45, 2.75) is 19.4 Å². The molecule has 102 valence electrons. The maximum atomic E-state index is 6.29. The molecule has 0 aliphatic rings. The normalized spacial score (nSPS) is 12.4. The van der Waals surface area contributed by atoms with Crippen molar-refractivity contribution in [3.05, 3.63) is 43.2 Å². The molecule has 6 heteroatoms. The van der Waals surface area contributed by atoms with Crippen molar-refractivity contribution in [3.63, 3.8) is 0 Å². The summed E-state index contributed by atoms with van der Waals surface area (Å²) >= 11 is 8.61. The second kappa shape index (κ2) is 6.83. The van der Waals surface area contributed by atoms with Gasteiger partial charge in [-0.05, 0) is 61.5 Å². The third-order valence-corrected chi connectivity index (χ3v) is 4.97. The average Bonchev–Trinajstić information content (AvgIpc) is 2.75. The van der Waals surface area contributed by atoms with E-state index in [4.69, 9.17) is 10.5 Å². The second-order valence-electron chi connectivity index (χ2n) is 4.06. The third-order valence-electron chi connectivity index (χ3n) is 2.58.